The second kappa shape index (κ2) is 1.74. The van der Waals surface area contributed by atoms with Crippen LogP contribution in [-0.4, -0.2) is 5.87 Å². The van der Waals surface area contributed by atoms with E-state index in [0.29, 0.717) is 5.57 Å². The maximum absolute atomic E-state index is 8.26. The number of nitrogens with zero attached hydrogens (tertiary/aromatic N) is 2. The summed E-state index contributed by atoms with van der Waals surface area (Å²) in [5.74, 6) is 1.38. The first kappa shape index (κ1) is 5.56. The van der Waals surface area contributed by atoms with Crippen molar-refractivity contribution in [3.8, 4) is 12.1 Å². The third-order valence-corrected chi connectivity index (χ3v) is 1.32. The van der Waals surface area contributed by atoms with Gasteiger partial charge in [0.1, 0.15) is 0 Å². The number of hydrogen-bond acceptors (Lipinski definition) is 3. The molecule has 0 amide bonds. The number of rotatable bonds is 0. The van der Waals surface area contributed by atoms with Gasteiger partial charge < -0.3 is 0 Å². The van der Waals surface area contributed by atoms with Gasteiger partial charge in [-0.05, 0) is 5.87 Å². The smallest absolute Gasteiger partial charge is 0.0979 e. The minimum atomic E-state index is -0.340. The predicted molar refractivity (Wildman–Crippen MR) is 29.4 cm³/mol. The molecule has 2 atom stereocenters. The lowest BCUT2D eigenvalue weighted by atomic mass is 10.4. The topological polar surface area (TPSA) is 71.4 Å². The summed E-state index contributed by atoms with van der Waals surface area (Å²) in [5, 5.41) is 23.1. The lowest BCUT2D eigenvalue weighted by molar-refractivity contribution is 1.02. The molecular formula is C6H3N3. The lowest BCUT2D eigenvalue weighted by Crippen LogP contribution is -1.67. The van der Waals surface area contributed by atoms with Crippen LogP contribution in [0.4, 0.5) is 0 Å². The van der Waals surface area contributed by atoms with Gasteiger partial charge in [-0.2, -0.15) is 10.5 Å². The normalized spacial score (nSPS) is 29.8. The molecule has 3 nitrogen and oxygen atoms in total. The van der Waals surface area contributed by atoms with Crippen LogP contribution in [0.5, 0.6) is 0 Å². The summed E-state index contributed by atoms with van der Waals surface area (Å²) in [6.07, 6.45) is 0. The minimum Gasteiger partial charge on any atom is -0.259 e. The molecule has 1 saturated carbocycles. The van der Waals surface area contributed by atoms with E-state index in [9.17, 15) is 0 Å². The summed E-state index contributed by atoms with van der Waals surface area (Å²) in [4.78, 5) is 0. The highest BCUT2D eigenvalue weighted by atomic mass is 14.5. The van der Waals surface area contributed by atoms with Crippen molar-refractivity contribution in [2.24, 2.45) is 11.8 Å². The summed E-state index contributed by atoms with van der Waals surface area (Å²) in [7, 11) is 0. The van der Waals surface area contributed by atoms with Gasteiger partial charge in [-0.1, -0.05) is 0 Å². The Morgan fingerprint density at radius 3 is 1.78 bits per heavy atom. The highest BCUT2D eigenvalue weighted by Crippen LogP contribution is 2.42. The summed E-state index contributed by atoms with van der Waals surface area (Å²) in [6.45, 7) is 0. The van der Waals surface area contributed by atoms with E-state index in [0.717, 1.165) is 0 Å². The fourth-order valence-electron chi connectivity index (χ4n) is 0.707. The van der Waals surface area contributed by atoms with Gasteiger partial charge in [-0.15, -0.1) is 0 Å². The highest BCUT2D eigenvalue weighted by Gasteiger charge is 2.45. The van der Waals surface area contributed by atoms with Crippen LogP contribution in [0.25, 0.3) is 0 Å². The van der Waals surface area contributed by atoms with Gasteiger partial charge in [0, 0.05) is 5.57 Å². The van der Waals surface area contributed by atoms with E-state index < -0.39 is 0 Å². The Bertz CT molecular complexity index is 237. The Labute approximate surface area is 52.3 Å². The van der Waals surface area contributed by atoms with Crippen molar-refractivity contribution in [2.75, 3.05) is 0 Å². The SMILES string of the molecule is N#C[C@@H]1C(=C=N)[C@@H]1C#N. The molecule has 0 unspecified atom stereocenters. The molecule has 1 aliphatic rings. The molecule has 42 valence electrons. The second-order valence-corrected chi connectivity index (χ2v) is 1.79. The van der Waals surface area contributed by atoms with Crippen molar-refractivity contribution in [3.05, 3.63) is 5.57 Å². The average Bonchev–Trinajstić information content (AvgIpc) is 2.59. The van der Waals surface area contributed by atoms with E-state index in [1.165, 1.54) is 0 Å². The predicted octanol–water partition coefficient (Wildman–Crippen LogP) is 0.454. The quantitative estimate of drug-likeness (QED) is 0.468. The van der Waals surface area contributed by atoms with Gasteiger partial charge in [0.15, 0.2) is 0 Å². The summed E-state index contributed by atoms with van der Waals surface area (Å²) < 4.78 is 0. The van der Waals surface area contributed by atoms with Gasteiger partial charge in [-0.25, -0.2) is 0 Å². The largest absolute Gasteiger partial charge is 0.259 e. The molecule has 9 heavy (non-hydrogen) atoms. The van der Waals surface area contributed by atoms with Gasteiger partial charge in [0.2, 0.25) is 0 Å². The third-order valence-electron chi connectivity index (χ3n) is 1.32. The summed E-state index contributed by atoms with van der Waals surface area (Å²) in [5.41, 5.74) is 0.528. The molecule has 0 heterocycles. The summed E-state index contributed by atoms with van der Waals surface area (Å²) >= 11 is 0. The first-order chi connectivity index (χ1) is 4.35. The zero-order chi connectivity index (χ0) is 6.85. The molecular weight excluding hydrogens is 114 g/mol. The second-order valence-electron chi connectivity index (χ2n) is 1.79. The van der Waals surface area contributed by atoms with Crippen LogP contribution in [0, 0.1) is 39.9 Å². The zero-order valence-corrected chi connectivity index (χ0v) is 4.55. The van der Waals surface area contributed by atoms with Crippen molar-refractivity contribution in [3.63, 3.8) is 0 Å². The molecule has 1 aliphatic carbocycles. The van der Waals surface area contributed by atoms with Crippen LogP contribution in [0.2, 0.25) is 0 Å². The minimum absolute atomic E-state index is 0.340. The third kappa shape index (κ3) is 0.606. The van der Waals surface area contributed by atoms with E-state index in [1.807, 2.05) is 12.1 Å². The molecule has 0 aromatic rings. The van der Waals surface area contributed by atoms with E-state index >= 15 is 0 Å². The van der Waals surface area contributed by atoms with Crippen molar-refractivity contribution in [2.45, 2.75) is 0 Å². The van der Waals surface area contributed by atoms with Gasteiger partial charge in [-0.3, -0.25) is 5.41 Å². The fourth-order valence-corrected chi connectivity index (χ4v) is 0.707. The maximum atomic E-state index is 8.26. The average molecular weight is 117 g/mol. The van der Waals surface area contributed by atoms with Crippen molar-refractivity contribution >= 4 is 5.87 Å². The van der Waals surface area contributed by atoms with Crippen LogP contribution in [0.15, 0.2) is 5.57 Å². The molecule has 0 aromatic carbocycles. The number of nitriles is 2. The van der Waals surface area contributed by atoms with Crippen molar-refractivity contribution in [1.29, 1.82) is 15.9 Å². The first-order valence-electron chi connectivity index (χ1n) is 2.44. The standard InChI is InChI=1S/C6H3N3/c7-1-4-5(2-8)6(4)3-9/h4-5,9H/t4-,5+. The highest BCUT2D eigenvalue weighted by molar-refractivity contribution is 5.67. The van der Waals surface area contributed by atoms with E-state index in [2.05, 4.69) is 5.87 Å². The Balaban J connectivity index is 2.84. The molecule has 3 heteroatoms. The Hall–Kier alpha value is -1.57. The summed E-state index contributed by atoms with van der Waals surface area (Å²) in [6, 6.07) is 3.80. The zero-order valence-electron chi connectivity index (χ0n) is 4.55. The van der Waals surface area contributed by atoms with E-state index in [1.54, 1.807) is 0 Å². The number of allylic oxidation sites excluding steroid dienone is 1. The Morgan fingerprint density at radius 2 is 1.67 bits per heavy atom. The first-order valence-corrected chi connectivity index (χ1v) is 2.44. The monoisotopic (exact) mass is 117 g/mol. The van der Waals surface area contributed by atoms with Gasteiger partial charge in [0.05, 0.1) is 24.0 Å². The van der Waals surface area contributed by atoms with Crippen LogP contribution in [-0.2, 0) is 0 Å². The fraction of sp³-hybridized carbons (Fsp3) is 0.333. The van der Waals surface area contributed by atoms with Crippen molar-refractivity contribution in [1.82, 2.24) is 0 Å². The van der Waals surface area contributed by atoms with Crippen LogP contribution in [0.1, 0.15) is 0 Å². The molecule has 0 radical (unpaired) electrons. The van der Waals surface area contributed by atoms with Crippen LogP contribution in [0.3, 0.4) is 0 Å². The number of nitrogens with one attached hydrogen (secondary N) is 1. The molecule has 1 fully saturated rings. The molecule has 0 saturated heterocycles. The van der Waals surface area contributed by atoms with E-state index in [4.69, 9.17) is 15.9 Å². The van der Waals surface area contributed by atoms with Gasteiger partial charge >= 0.3 is 0 Å². The Morgan fingerprint density at radius 1 is 1.22 bits per heavy atom. The molecule has 0 spiro atoms. The molecule has 0 aromatic heterocycles. The molecule has 0 bridgehead atoms. The van der Waals surface area contributed by atoms with Crippen LogP contribution >= 0.6 is 0 Å². The maximum Gasteiger partial charge on any atom is 0.0979 e. The Kier molecular flexibility index (Phi) is 1.08. The molecule has 1 N–H and O–H groups in total. The molecule has 0 aliphatic heterocycles. The molecule has 1 rings (SSSR count). The van der Waals surface area contributed by atoms with Crippen LogP contribution < -0.4 is 0 Å². The van der Waals surface area contributed by atoms with Crippen molar-refractivity contribution < 1.29 is 0 Å². The van der Waals surface area contributed by atoms with E-state index in [-0.39, 0.29) is 11.8 Å². The lowest BCUT2D eigenvalue weighted by Gasteiger charge is -1.60. The number of hydrogen-bond donors (Lipinski definition) is 1. The van der Waals surface area contributed by atoms with Gasteiger partial charge in [0.25, 0.3) is 0 Å².